The number of carbonyl (C=O) groups excluding carboxylic acids is 1. The lowest BCUT2D eigenvalue weighted by atomic mass is 10.0. The number of aromatic nitrogens is 1. The molecule has 0 atom stereocenters. The Labute approximate surface area is 126 Å². The molecule has 0 aliphatic carbocycles. The molecule has 0 aliphatic heterocycles. The first kappa shape index (κ1) is 16.3. The van der Waals surface area contributed by atoms with Crippen molar-refractivity contribution >= 4 is 16.9 Å². The predicted molar refractivity (Wildman–Crippen MR) is 76.7 cm³/mol. The van der Waals surface area contributed by atoms with Crippen LogP contribution in [0.5, 0.6) is 0 Å². The highest BCUT2D eigenvalue weighted by Crippen LogP contribution is 2.31. The number of ether oxygens (including phenoxy) is 1. The first-order valence-corrected chi connectivity index (χ1v) is 7.04. The highest BCUT2D eigenvalue weighted by atomic mass is 19.4. The van der Waals surface area contributed by atoms with E-state index in [0.29, 0.717) is 23.1 Å². The van der Waals surface area contributed by atoms with Crippen LogP contribution in [0.2, 0.25) is 0 Å². The standard InChI is InChI=1S/C16H16F3NO2/c1-3-5-13-12(15(21)22-4-2)8-10-6-7-11(16(17,18)19)9-14(10)20-13/h6-9H,3-5H2,1-2H3. The van der Waals surface area contributed by atoms with Gasteiger partial charge in [-0.2, -0.15) is 13.2 Å². The maximum absolute atomic E-state index is 12.8. The number of nitrogens with zero attached hydrogens (tertiary/aromatic N) is 1. The molecule has 0 N–H and O–H groups in total. The molecule has 6 heteroatoms. The van der Waals surface area contributed by atoms with Crippen molar-refractivity contribution in [3.8, 4) is 0 Å². The number of benzene rings is 1. The smallest absolute Gasteiger partial charge is 0.416 e. The summed E-state index contributed by atoms with van der Waals surface area (Å²) >= 11 is 0. The predicted octanol–water partition coefficient (Wildman–Crippen LogP) is 4.38. The van der Waals surface area contributed by atoms with Gasteiger partial charge >= 0.3 is 12.1 Å². The summed E-state index contributed by atoms with van der Waals surface area (Å²) in [6, 6.07) is 4.86. The van der Waals surface area contributed by atoms with Gasteiger partial charge in [-0.05, 0) is 31.5 Å². The molecule has 0 bridgehead atoms. The van der Waals surface area contributed by atoms with Crippen LogP contribution >= 0.6 is 0 Å². The van der Waals surface area contributed by atoms with E-state index in [0.717, 1.165) is 18.6 Å². The minimum Gasteiger partial charge on any atom is -0.462 e. The van der Waals surface area contributed by atoms with Gasteiger partial charge < -0.3 is 4.74 Å². The minimum absolute atomic E-state index is 0.228. The molecule has 0 spiro atoms. The molecule has 1 heterocycles. The lowest BCUT2D eigenvalue weighted by Gasteiger charge is -2.11. The molecule has 1 aromatic carbocycles. The van der Waals surface area contributed by atoms with Gasteiger partial charge in [0.2, 0.25) is 0 Å². The van der Waals surface area contributed by atoms with Gasteiger partial charge in [-0.25, -0.2) is 4.79 Å². The Hall–Kier alpha value is -2.11. The second-order valence-corrected chi connectivity index (χ2v) is 4.86. The SMILES string of the molecule is CCCc1nc2cc(C(F)(F)F)ccc2cc1C(=O)OCC. The van der Waals surface area contributed by atoms with Crippen molar-refractivity contribution in [3.05, 3.63) is 41.1 Å². The first-order valence-electron chi connectivity index (χ1n) is 7.04. The molecule has 1 aromatic heterocycles. The van der Waals surface area contributed by atoms with Crippen LogP contribution in [-0.2, 0) is 17.3 Å². The van der Waals surface area contributed by atoms with Gasteiger partial charge in [-0.3, -0.25) is 4.98 Å². The fraction of sp³-hybridized carbons (Fsp3) is 0.375. The van der Waals surface area contributed by atoms with Crippen molar-refractivity contribution in [3.63, 3.8) is 0 Å². The van der Waals surface area contributed by atoms with Gasteiger partial charge in [0.25, 0.3) is 0 Å². The average Bonchev–Trinajstić information content (AvgIpc) is 2.45. The van der Waals surface area contributed by atoms with E-state index in [1.807, 2.05) is 6.92 Å². The van der Waals surface area contributed by atoms with E-state index in [9.17, 15) is 18.0 Å². The second kappa shape index (κ2) is 6.34. The zero-order chi connectivity index (χ0) is 16.3. The number of rotatable bonds is 4. The maximum atomic E-state index is 12.8. The summed E-state index contributed by atoms with van der Waals surface area (Å²) in [5, 5.41) is 0.482. The maximum Gasteiger partial charge on any atom is 0.416 e. The zero-order valence-electron chi connectivity index (χ0n) is 12.3. The number of halogens is 3. The third-order valence-corrected chi connectivity index (χ3v) is 3.21. The summed E-state index contributed by atoms with van der Waals surface area (Å²) in [5.41, 5.74) is 0.258. The van der Waals surface area contributed by atoms with Gasteiger partial charge in [0.1, 0.15) is 0 Å². The number of hydrogen-bond donors (Lipinski definition) is 0. The number of esters is 1. The monoisotopic (exact) mass is 311 g/mol. The third kappa shape index (κ3) is 3.37. The van der Waals surface area contributed by atoms with E-state index in [-0.39, 0.29) is 12.1 Å². The number of carbonyl (C=O) groups is 1. The molecular weight excluding hydrogens is 295 g/mol. The molecule has 0 aliphatic rings. The van der Waals surface area contributed by atoms with E-state index in [2.05, 4.69) is 4.98 Å². The van der Waals surface area contributed by atoms with Crippen molar-refractivity contribution in [2.24, 2.45) is 0 Å². The Balaban J connectivity index is 2.58. The molecule has 0 saturated carbocycles. The van der Waals surface area contributed by atoms with Crippen LogP contribution in [0.25, 0.3) is 10.9 Å². The average molecular weight is 311 g/mol. The Morgan fingerprint density at radius 2 is 1.95 bits per heavy atom. The Bertz CT molecular complexity index is 696. The lowest BCUT2D eigenvalue weighted by molar-refractivity contribution is -0.137. The fourth-order valence-corrected chi connectivity index (χ4v) is 2.20. The van der Waals surface area contributed by atoms with Crippen molar-refractivity contribution in [2.75, 3.05) is 6.61 Å². The van der Waals surface area contributed by atoms with Crippen LogP contribution in [0.4, 0.5) is 13.2 Å². The van der Waals surface area contributed by atoms with Crippen molar-refractivity contribution in [1.82, 2.24) is 4.98 Å². The highest BCUT2D eigenvalue weighted by molar-refractivity contribution is 5.95. The molecule has 2 rings (SSSR count). The molecule has 0 radical (unpaired) electrons. The van der Waals surface area contributed by atoms with Gasteiger partial charge in [-0.1, -0.05) is 19.4 Å². The Morgan fingerprint density at radius 3 is 2.55 bits per heavy atom. The number of hydrogen-bond acceptors (Lipinski definition) is 3. The second-order valence-electron chi connectivity index (χ2n) is 4.86. The van der Waals surface area contributed by atoms with E-state index >= 15 is 0 Å². The van der Waals surface area contributed by atoms with Crippen LogP contribution in [-0.4, -0.2) is 17.6 Å². The fourth-order valence-electron chi connectivity index (χ4n) is 2.20. The Kier molecular flexibility index (Phi) is 4.68. The van der Waals surface area contributed by atoms with Crippen LogP contribution in [0.3, 0.4) is 0 Å². The van der Waals surface area contributed by atoms with Crippen LogP contribution in [0.15, 0.2) is 24.3 Å². The van der Waals surface area contributed by atoms with E-state index in [1.54, 1.807) is 13.0 Å². The quantitative estimate of drug-likeness (QED) is 0.786. The Morgan fingerprint density at radius 1 is 1.23 bits per heavy atom. The topological polar surface area (TPSA) is 39.2 Å². The lowest BCUT2D eigenvalue weighted by Crippen LogP contribution is -2.10. The molecule has 0 fully saturated rings. The summed E-state index contributed by atoms with van der Waals surface area (Å²) < 4.78 is 43.3. The number of alkyl halides is 3. The van der Waals surface area contributed by atoms with Gasteiger partial charge in [0.05, 0.1) is 28.9 Å². The molecule has 3 nitrogen and oxygen atoms in total. The summed E-state index contributed by atoms with van der Waals surface area (Å²) in [4.78, 5) is 16.2. The normalized spacial score (nSPS) is 11.7. The van der Waals surface area contributed by atoms with E-state index in [4.69, 9.17) is 4.74 Å². The molecule has 0 unspecified atom stereocenters. The summed E-state index contributed by atoms with van der Waals surface area (Å²) in [7, 11) is 0. The molecule has 22 heavy (non-hydrogen) atoms. The molecule has 0 amide bonds. The molecule has 0 saturated heterocycles. The van der Waals surface area contributed by atoms with Crippen LogP contribution in [0.1, 0.15) is 41.9 Å². The largest absolute Gasteiger partial charge is 0.462 e. The van der Waals surface area contributed by atoms with Crippen molar-refractivity contribution in [1.29, 1.82) is 0 Å². The van der Waals surface area contributed by atoms with Gasteiger partial charge in [-0.15, -0.1) is 0 Å². The van der Waals surface area contributed by atoms with Gasteiger partial charge in [0.15, 0.2) is 0 Å². The van der Waals surface area contributed by atoms with Crippen molar-refractivity contribution in [2.45, 2.75) is 32.9 Å². The van der Waals surface area contributed by atoms with Gasteiger partial charge in [0, 0.05) is 5.39 Å². The van der Waals surface area contributed by atoms with E-state index < -0.39 is 17.7 Å². The molecule has 118 valence electrons. The highest BCUT2D eigenvalue weighted by Gasteiger charge is 2.30. The third-order valence-electron chi connectivity index (χ3n) is 3.21. The first-order chi connectivity index (χ1) is 10.4. The minimum atomic E-state index is -4.42. The number of aryl methyl sites for hydroxylation is 1. The van der Waals surface area contributed by atoms with Crippen LogP contribution < -0.4 is 0 Å². The molecule has 2 aromatic rings. The van der Waals surface area contributed by atoms with Crippen LogP contribution in [0, 0.1) is 0 Å². The summed E-state index contributed by atoms with van der Waals surface area (Å²) in [5.74, 6) is -0.500. The number of pyridine rings is 1. The summed E-state index contributed by atoms with van der Waals surface area (Å²) in [6.45, 7) is 3.84. The molecular formula is C16H16F3NO2. The number of fused-ring (bicyclic) bond motifs is 1. The van der Waals surface area contributed by atoms with Crippen molar-refractivity contribution < 1.29 is 22.7 Å². The van der Waals surface area contributed by atoms with E-state index in [1.165, 1.54) is 6.07 Å². The summed E-state index contributed by atoms with van der Waals surface area (Å²) in [6.07, 6.45) is -3.19. The zero-order valence-corrected chi connectivity index (χ0v) is 12.3.